The molecule has 0 saturated carbocycles. The van der Waals surface area contributed by atoms with Crippen LogP contribution >= 0.6 is 11.6 Å². The lowest BCUT2D eigenvalue weighted by molar-refractivity contribution is -0.114. The Morgan fingerprint density at radius 3 is 2.75 bits per heavy atom. The van der Waals surface area contributed by atoms with Crippen molar-refractivity contribution in [3.05, 3.63) is 41.2 Å². The van der Waals surface area contributed by atoms with Crippen molar-refractivity contribution in [2.24, 2.45) is 0 Å². The first-order valence-electron chi connectivity index (χ1n) is 4.49. The lowest BCUT2D eigenvalue weighted by Crippen LogP contribution is -2.30. The van der Waals surface area contributed by atoms with Crippen LogP contribution in [0.1, 0.15) is 10.4 Å². The van der Waals surface area contributed by atoms with Crippen molar-refractivity contribution < 1.29 is 14.0 Å². The lowest BCUT2D eigenvalue weighted by atomic mass is 10.1. The number of anilines is 1. The van der Waals surface area contributed by atoms with Crippen LogP contribution in [0.5, 0.6) is 0 Å². The molecule has 0 unspecified atom stereocenters. The van der Waals surface area contributed by atoms with Crippen molar-refractivity contribution in [3.63, 3.8) is 0 Å². The van der Waals surface area contributed by atoms with Gasteiger partial charge in [-0.3, -0.25) is 14.5 Å². The highest BCUT2D eigenvalue weighted by atomic mass is 35.5. The number of amides is 1. The maximum atomic E-state index is 12.9. The Bertz CT molecular complexity index is 513. The molecule has 0 spiro atoms. The highest BCUT2D eigenvalue weighted by molar-refractivity contribution is 6.52. The third-order valence-corrected chi connectivity index (χ3v) is 2.38. The van der Waals surface area contributed by atoms with Gasteiger partial charge in [-0.05, 0) is 18.2 Å². The molecule has 0 aliphatic carbocycles. The predicted octanol–water partition coefficient (Wildman–Crippen LogP) is 2.11. The Kier molecular flexibility index (Phi) is 2.52. The SMILES string of the molecule is C=C(Cl)CN1C(=O)C(=O)c2cc(F)ccc21. The Balaban J connectivity index is 2.50. The number of carbonyl (C=O) groups is 2. The second-order valence-corrected chi connectivity index (χ2v) is 3.93. The number of Topliss-reactive ketones (excluding diaryl/α,β-unsaturated/α-hetero) is 1. The third kappa shape index (κ3) is 1.61. The highest BCUT2D eigenvalue weighted by Crippen LogP contribution is 2.30. The topological polar surface area (TPSA) is 37.4 Å². The monoisotopic (exact) mass is 239 g/mol. The number of benzene rings is 1. The maximum absolute atomic E-state index is 12.9. The van der Waals surface area contributed by atoms with E-state index in [-0.39, 0.29) is 17.1 Å². The molecule has 0 aromatic heterocycles. The Morgan fingerprint density at radius 2 is 2.12 bits per heavy atom. The average Bonchev–Trinajstić information content (AvgIpc) is 2.43. The fourth-order valence-corrected chi connectivity index (χ4v) is 1.72. The van der Waals surface area contributed by atoms with Crippen LogP contribution < -0.4 is 4.90 Å². The first kappa shape index (κ1) is 10.8. The molecule has 0 saturated heterocycles. The minimum absolute atomic E-state index is 0.0464. The molecular weight excluding hydrogens is 233 g/mol. The van der Waals surface area contributed by atoms with Crippen molar-refractivity contribution in [1.82, 2.24) is 0 Å². The number of halogens is 2. The highest BCUT2D eigenvalue weighted by Gasteiger charge is 2.35. The molecule has 0 bridgehead atoms. The molecule has 82 valence electrons. The molecule has 1 heterocycles. The molecule has 1 aliphatic rings. The summed E-state index contributed by atoms with van der Waals surface area (Å²) >= 11 is 5.59. The largest absolute Gasteiger partial charge is 0.299 e. The van der Waals surface area contributed by atoms with E-state index in [0.29, 0.717) is 5.69 Å². The summed E-state index contributed by atoms with van der Waals surface area (Å²) in [5.74, 6) is -1.97. The van der Waals surface area contributed by atoms with Crippen LogP contribution in [0.25, 0.3) is 0 Å². The molecule has 0 radical (unpaired) electrons. The van der Waals surface area contributed by atoms with Gasteiger partial charge in [0.2, 0.25) is 0 Å². The van der Waals surface area contributed by atoms with Crippen LogP contribution in [-0.2, 0) is 4.79 Å². The zero-order valence-electron chi connectivity index (χ0n) is 8.17. The van der Waals surface area contributed by atoms with Gasteiger partial charge >= 0.3 is 0 Å². The van der Waals surface area contributed by atoms with Crippen molar-refractivity contribution in [2.45, 2.75) is 0 Å². The summed E-state index contributed by atoms with van der Waals surface area (Å²) in [6.45, 7) is 3.50. The number of hydrogen-bond donors (Lipinski definition) is 0. The molecule has 5 heteroatoms. The number of ketones is 1. The average molecular weight is 240 g/mol. The van der Waals surface area contributed by atoms with Gasteiger partial charge in [-0.15, -0.1) is 0 Å². The summed E-state index contributed by atoms with van der Waals surface area (Å²) in [5.41, 5.74) is 0.445. The van der Waals surface area contributed by atoms with Crippen LogP contribution in [0, 0.1) is 5.82 Å². The van der Waals surface area contributed by atoms with Crippen molar-refractivity contribution in [2.75, 3.05) is 11.4 Å². The van der Waals surface area contributed by atoms with E-state index in [9.17, 15) is 14.0 Å². The zero-order chi connectivity index (χ0) is 11.9. The minimum atomic E-state index is -0.715. The molecule has 1 amide bonds. The molecule has 0 N–H and O–H groups in total. The van der Waals surface area contributed by atoms with Gasteiger partial charge in [0.15, 0.2) is 0 Å². The second-order valence-electron chi connectivity index (χ2n) is 3.40. The number of rotatable bonds is 2. The Labute approximate surface area is 96.1 Å². The van der Waals surface area contributed by atoms with Crippen LogP contribution in [0.3, 0.4) is 0 Å². The Hall–Kier alpha value is -1.68. The molecule has 1 aromatic carbocycles. The molecule has 0 fully saturated rings. The third-order valence-electron chi connectivity index (χ3n) is 2.26. The first-order chi connectivity index (χ1) is 7.50. The van der Waals surface area contributed by atoms with Gasteiger partial charge < -0.3 is 0 Å². The molecular formula is C11H7ClFNO2. The number of hydrogen-bond acceptors (Lipinski definition) is 2. The molecule has 2 rings (SSSR count). The van der Waals surface area contributed by atoms with E-state index in [1.54, 1.807) is 0 Å². The smallest absolute Gasteiger partial charge is 0.299 e. The quantitative estimate of drug-likeness (QED) is 0.742. The van der Waals surface area contributed by atoms with E-state index < -0.39 is 17.5 Å². The summed E-state index contributed by atoms with van der Waals surface area (Å²) in [7, 11) is 0. The number of nitrogens with zero attached hydrogens (tertiary/aromatic N) is 1. The molecule has 0 atom stereocenters. The van der Waals surface area contributed by atoms with E-state index in [1.807, 2.05) is 0 Å². The van der Waals surface area contributed by atoms with Crippen LogP contribution in [0.2, 0.25) is 0 Å². The fourth-order valence-electron chi connectivity index (χ4n) is 1.60. The van der Waals surface area contributed by atoms with Gasteiger partial charge in [-0.2, -0.15) is 0 Å². The zero-order valence-corrected chi connectivity index (χ0v) is 8.92. The summed E-state index contributed by atoms with van der Waals surface area (Å²) < 4.78 is 12.9. The molecule has 1 aromatic rings. The van der Waals surface area contributed by atoms with E-state index in [1.165, 1.54) is 17.0 Å². The first-order valence-corrected chi connectivity index (χ1v) is 4.87. The number of fused-ring (bicyclic) bond motifs is 1. The second kappa shape index (κ2) is 3.72. The standard InChI is InChI=1S/C11H7ClFNO2/c1-6(12)5-14-9-3-2-7(13)4-8(9)10(15)11(14)16/h2-4H,1,5H2. The molecule has 16 heavy (non-hydrogen) atoms. The summed E-state index contributed by atoms with van der Waals surface area (Å²) in [5, 5.41) is 0.235. The van der Waals surface area contributed by atoms with Gasteiger partial charge in [0, 0.05) is 5.03 Å². The molecule has 3 nitrogen and oxygen atoms in total. The fraction of sp³-hybridized carbons (Fsp3) is 0.0909. The van der Waals surface area contributed by atoms with Gasteiger partial charge in [-0.1, -0.05) is 18.2 Å². The van der Waals surface area contributed by atoms with E-state index >= 15 is 0 Å². The summed E-state index contributed by atoms with van der Waals surface area (Å²) in [6.07, 6.45) is 0. The molecule has 1 aliphatic heterocycles. The van der Waals surface area contributed by atoms with E-state index in [4.69, 9.17) is 11.6 Å². The summed E-state index contributed by atoms with van der Waals surface area (Å²) in [6, 6.07) is 3.62. The van der Waals surface area contributed by atoms with Gasteiger partial charge in [0.1, 0.15) is 5.82 Å². The van der Waals surface area contributed by atoms with Crippen LogP contribution in [0.15, 0.2) is 29.8 Å². The van der Waals surface area contributed by atoms with Gasteiger partial charge in [0.05, 0.1) is 17.8 Å². The Morgan fingerprint density at radius 1 is 1.44 bits per heavy atom. The van der Waals surface area contributed by atoms with Crippen LogP contribution in [0.4, 0.5) is 10.1 Å². The van der Waals surface area contributed by atoms with E-state index in [2.05, 4.69) is 6.58 Å². The van der Waals surface area contributed by atoms with E-state index in [0.717, 1.165) is 6.07 Å². The maximum Gasteiger partial charge on any atom is 0.299 e. The van der Waals surface area contributed by atoms with Crippen LogP contribution in [-0.4, -0.2) is 18.2 Å². The normalized spacial score (nSPS) is 14.2. The van der Waals surface area contributed by atoms with Crippen molar-refractivity contribution in [3.8, 4) is 0 Å². The lowest BCUT2D eigenvalue weighted by Gasteiger charge is -2.14. The van der Waals surface area contributed by atoms with Gasteiger partial charge in [-0.25, -0.2) is 4.39 Å². The van der Waals surface area contributed by atoms with Crippen molar-refractivity contribution >= 4 is 29.0 Å². The number of carbonyl (C=O) groups excluding carboxylic acids is 2. The van der Waals surface area contributed by atoms with Crippen molar-refractivity contribution in [1.29, 1.82) is 0 Å². The van der Waals surface area contributed by atoms with Gasteiger partial charge in [0.25, 0.3) is 11.7 Å². The minimum Gasteiger partial charge on any atom is -0.299 e. The predicted molar refractivity (Wildman–Crippen MR) is 58.1 cm³/mol. The summed E-state index contributed by atoms with van der Waals surface area (Å²) in [4.78, 5) is 24.3.